The second-order valence-electron chi connectivity index (χ2n) is 6.84. The van der Waals surface area contributed by atoms with E-state index in [-0.39, 0.29) is 5.54 Å². The van der Waals surface area contributed by atoms with E-state index >= 15 is 0 Å². The molecular weight excluding hydrogens is 238 g/mol. The van der Waals surface area contributed by atoms with Crippen LogP contribution in [0.15, 0.2) is 0 Å². The first-order valence-corrected chi connectivity index (χ1v) is 7.92. The minimum atomic E-state index is 0.226. The first-order valence-electron chi connectivity index (χ1n) is 7.92. The lowest BCUT2D eigenvalue weighted by molar-refractivity contribution is -0.129. The Labute approximate surface area is 117 Å². The van der Waals surface area contributed by atoms with Crippen LogP contribution >= 0.6 is 0 Å². The van der Waals surface area contributed by atoms with Gasteiger partial charge in [0, 0.05) is 44.4 Å². The first kappa shape index (κ1) is 13.8. The summed E-state index contributed by atoms with van der Waals surface area (Å²) in [6, 6.07) is 1.41. The molecule has 0 bridgehead atoms. The number of hydrogen-bond donors (Lipinski definition) is 1. The van der Waals surface area contributed by atoms with Crippen LogP contribution in [0, 0.1) is 0 Å². The second-order valence-corrected chi connectivity index (χ2v) is 6.84. The fourth-order valence-electron chi connectivity index (χ4n) is 4.49. The standard InChI is InChI=1S/C15H29N3O/c1-12-9-17-6-4-3-5-13(17)10-18(12)15(11-16)7-14(8-15)19-2/h12-14H,3-11,16H2,1-2H3. The number of fused-ring (bicyclic) bond motifs is 1. The van der Waals surface area contributed by atoms with E-state index in [1.165, 1.54) is 38.9 Å². The Balaban J connectivity index is 1.69. The molecule has 3 fully saturated rings. The molecule has 0 aromatic carbocycles. The van der Waals surface area contributed by atoms with Crippen molar-refractivity contribution < 1.29 is 4.74 Å². The van der Waals surface area contributed by atoms with Gasteiger partial charge in [0.1, 0.15) is 0 Å². The molecule has 2 atom stereocenters. The largest absolute Gasteiger partial charge is 0.381 e. The van der Waals surface area contributed by atoms with E-state index in [1.54, 1.807) is 0 Å². The predicted molar refractivity (Wildman–Crippen MR) is 77.2 cm³/mol. The molecule has 0 amide bonds. The highest BCUT2D eigenvalue weighted by atomic mass is 16.5. The highest BCUT2D eigenvalue weighted by Crippen LogP contribution is 2.42. The van der Waals surface area contributed by atoms with Gasteiger partial charge in [-0.25, -0.2) is 0 Å². The summed E-state index contributed by atoms with van der Waals surface area (Å²) in [5.41, 5.74) is 6.36. The Kier molecular flexibility index (Phi) is 3.87. The molecule has 0 aromatic rings. The Morgan fingerprint density at radius 1 is 1.26 bits per heavy atom. The Morgan fingerprint density at radius 2 is 2.05 bits per heavy atom. The molecule has 2 aliphatic heterocycles. The molecule has 2 saturated heterocycles. The molecule has 2 heterocycles. The van der Waals surface area contributed by atoms with Crippen molar-refractivity contribution in [3.63, 3.8) is 0 Å². The van der Waals surface area contributed by atoms with Gasteiger partial charge in [-0.2, -0.15) is 0 Å². The quantitative estimate of drug-likeness (QED) is 0.830. The fourth-order valence-corrected chi connectivity index (χ4v) is 4.49. The van der Waals surface area contributed by atoms with E-state index in [0.29, 0.717) is 12.1 Å². The topological polar surface area (TPSA) is 41.7 Å². The van der Waals surface area contributed by atoms with Gasteiger partial charge in [0.15, 0.2) is 0 Å². The smallest absolute Gasteiger partial charge is 0.0607 e. The zero-order valence-corrected chi connectivity index (χ0v) is 12.5. The van der Waals surface area contributed by atoms with Crippen LogP contribution in [0.3, 0.4) is 0 Å². The SMILES string of the molecule is COC1CC(CN)(N2CC3CCCCN3CC2C)C1. The van der Waals surface area contributed by atoms with Gasteiger partial charge in [-0.15, -0.1) is 0 Å². The van der Waals surface area contributed by atoms with Crippen LogP contribution < -0.4 is 5.73 Å². The van der Waals surface area contributed by atoms with E-state index < -0.39 is 0 Å². The molecular formula is C15H29N3O. The van der Waals surface area contributed by atoms with E-state index in [9.17, 15) is 0 Å². The maximum absolute atomic E-state index is 6.14. The van der Waals surface area contributed by atoms with Crippen LogP contribution in [0.4, 0.5) is 0 Å². The van der Waals surface area contributed by atoms with Crippen molar-refractivity contribution in [1.82, 2.24) is 9.80 Å². The fraction of sp³-hybridized carbons (Fsp3) is 1.00. The Bertz CT molecular complexity index is 317. The van der Waals surface area contributed by atoms with Crippen LogP contribution in [-0.4, -0.2) is 66.8 Å². The van der Waals surface area contributed by atoms with Crippen molar-refractivity contribution in [3.05, 3.63) is 0 Å². The minimum absolute atomic E-state index is 0.226. The zero-order chi connectivity index (χ0) is 13.5. The maximum Gasteiger partial charge on any atom is 0.0607 e. The van der Waals surface area contributed by atoms with Gasteiger partial charge in [-0.3, -0.25) is 9.80 Å². The van der Waals surface area contributed by atoms with Crippen LogP contribution in [0.5, 0.6) is 0 Å². The van der Waals surface area contributed by atoms with Crippen LogP contribution in [0.1, 0.15) is 39.0 Å². The molecule has 0 radical (unpaired) electrons. The van der Waals surface area contributed by atoms with Gasteiger partial charge >= 0.3 is 0 Å². The summed E-state index contributed by atoms with van der Waals surface area (Å²) in [4.78, 5) is 5.43. The van der Waals surface area contributed by atoms with Gasteiger partial charge in [0.2, 0.25) is 0 Å². The average molecular weight is 267 g/mol. The second kappa shape index (κ2) is 5.32. The lowest BCUT2D eigenvalue weighted by Crippen LogP contribution is -2.71. The molecule has 3 rings (SSSR count). The number of piperidine rings is 1. The van der Waals surface area contributed by atoms with Crippen molar-refractivity contribution in [2.75, 3.05) is 33.3 Å². The lowest BCUT2D eigenvalue weighted by atomic mass is 9.71. The highest BCUT2D eigenvalue weighted by molar-refractivity contribution is 5.08. The van der Waals surface area contributed by atoms with Crippen molar-refractivity contribution >= 4 is 0 Å². The summed E-state index contributed by atoms with van der Waals surface area (Å²) >= 11 is 0. The number of piperazine rings is 1. The molecule has 110 valence electrons. The molecule has 3 aliphatic rings. The summed E-state index contributed by atoms with van der Waals surface area (Å²) in [6.45, 7) is 6.91. The molecule has 19 heavy (non-hydrogen) atoms. The van der Waals surface area contributed by atoms with Gasteiger partial charge in [-0.1, -0.05) is 6.42 Å². The van der Waals surface area contributed by atoms with E-state index in [0.717, 1.165) is 25.4 Å². The van der Waals surface area contributed by atoms with Crippen molar-refractivity contribution in [2.45, 2.75) is 62.8 Å². The molecule has 2 unspecified atom stereocenters. The van der Waals surface area contributed by atoms with E-state index in [1.807, 2.05) is 7.11 Å². The molecule has 0 aromatic heterocycles. The molecule has 1 aliphatic carbocycles. The summed E-state index contributed by atoms with van der Waals surface area (Å²) in [6.07, 6.45) is 6.84. The number of nitrogens with zero attached hydrogens (tertiary/aromatic N) is 2. The van der Waals surface area contributed by atoms with Gasteiger partial charge in [-0.05, 0) is 39.2 Å². The molecule has 4 heteroatoms. The predicted octanol–water partition coefficient (Wildman–Crippen LogP) is 1.05. The van der Waals surface area contributed by atoms with Crippen molar-refractivity contribution in [1.29, 1.82) is 0 Å². The van der Waals surface area contributed by atoms with Gasteiger partial charge in [0.05, 0.1) is 6.10 Å². The number of hydrogen-bond acceptors (Lipinski definition) is 4. The third-order valence-corrected chi connectivity index (χ3v) is 5.73. The number of nitrogens with two attached hydrogens (primary N) is 1. The molecule has 4 nitrogen and oxygen atoms in total. The summed E-state index contributed by atoms with van der Waals surface area (Å²) < 4.78 is 5.48. The Morgan fingerprint density at radius 3 is 2.74 bits per heavy atom. The van der Waals surface area contributed by atoms with Crippen LogP contribution in [0.25, 0.3) is 0 Å². The summed E-state index contributed by atoms with van der Waals surface area (Å²) in [5.74, 6) is 0. The monoisotopic (exact) mass is 267 g/mol. The van der Waals surface area contributed by atoms with Crippen LogP contribution in [-0.2, 0) is 4.74 Å². The number of rotatable bonds is 3. The first-order chi connectivity index (χ1) is 9.18. The van der Waals surface area contributed by atoms with Crippen molar-refractivity contribution in [2.24, 2.45) is 5.73 Å². The van der Waals surface area contributed by atoms with E-state index in [2.05, 4.69) is 16.7 Å². The third-order valence-electron chi connectivity index (χ3n) is 5.73. The van der Waals surface area contributed by atoms with Gasteiger partial charge < -0.3 is 10.5 Å². The average Bonchev–Trinajstić information content (AvgIpc) is 2.39. The highest BCUT2D eigenvalue weighted by Gasteiger charge is 2.51. The number of methoxy groups -OCH3 is 1. The number of ether oxygens (including phenoxy) is 1. The zero-order valence-electron chi connectivity index (χ0n) is 12.5. The molecule has 2 N–H and O–H groups in total. The molecule has 1 saturated carbocycles. The molecule has 0 spiro atoms. The van der Waals surface area contributed by atoms with E-state index in [4.69, 9.17) is 10.5 Å². The third kappa shape index (κ3) is 2.33. The van der Waals surface area contributed by atoms with Gasteiger partial charge in [0.25, 0.3) is 0 Å². The summed E-state index contributed by atoms with van der Waals surface area (Å²) in [7, 11) is 1.83. The minimum Gasteiger partial charge on any atom is -0.381 e. The normalized spacial score (nSPS) is 44.7. The van der Waals surface area contributed by atoms with Crippen molar-refractivity contribution in [3.8, 4) is 0 Å². The summed E-state index contributed by atoms with van der Waals surface area (Å²) in [5, 5.41) is 0. The lowest BCUT2D eigenvalue weighted by Gasteiger charge is -2.60. The van der Waals surface area contributed by atoms with Crippen LogP contribution in [0.2, 0.25) is 0 Å². The maximum atomic E-state index is 6.14. The Hall–Kier alpha value is -0.160.